The van der Waals surface area contributed by atoms with Crippen LogP contribution < -0.4 is 0 Å². The molecular formula is C16H26N2O3. The summed E-state index contributed by atoms with van der Waals surface area (Å²) >= 11 is 0. The van der Waals surface area contributed by atoms with E-state index in [1.54, 1.807) is 6.26 Å². The minimum absolute atomic E-state index is 0.203. The van der Waals surface area contributed by atoms with Crippen molar-refractivity contribution < 1.29 is 13.9 Å². The van der Waals surface area contributed by atoms with Gasteiger partial charge in [0.1, 0.15) is 11.4 Å². The van der Waals surface area contributed by atoms with Gasteiger partial charge in [0.15, 0.2) is 0 Å². The highest BCUT2D eigenvalue weighted by atomic mass is 16.5. The molecule has 1 aromatic heterocycles. The largest absolute Gasteiger partial charge is 0.468 e. The molecule has 2 aliphatic rings. The molecule has 2 fully saturated rings. The van der Waals surface area contributed by atoms with Gasteiger partial charge in [-0.15, -0.1) is 0 Å². The third-order valence-electron chi connectivity index (χ3n) is 4.40. The van der Waals surface area contributed by atoms with E-state index < -0.39 is 0 Å². The number of ether oxygens (including phenoxy) is 2. The van der Waals surface area contributed by atoms with Crippen LogP contribution in [-0.4, -0.2) is 67.4 Å². The summed E-state index contributed by atoms with van der Waals surface area (Å²) in [7, 11) is 0. The minimum Gasteiger partial charge on any atom is -0.468 e. The van der Waals surface area contributed by atoms with E-state index in [9.17, 15) is 0 Å². The Bertz CT molecular complexity index is 435. The average Bonchev–Trinajstić information content (AvgIpc) is 2.87. The van der Waals surface area contributed by atoms with Gasteiger partial charge >= 0.3 is 0 Å². The second kappa shape index (κ2) is 6.48. The van der Waals surface area contributed by atoms with Crippen molar-refractivity contribution in [2.45, 2.75) is 32.0 Å². The molecule has 0 bridgehead atoms. The second-order valence-corrected chi connectivity index (χ2v) is 6.44. The molecule has 0 aromatic carbocycles. The molecular weight excluding hydrogens is 268 g/mol. The molecule has 1 spiro atoms. The van der Waals surface area contributed by atoms with Crippen molar-refractivity contribution in [1.82, 2.24) is 9.80 Å². The Balaban J connectivity index is 1.67. The number of hydrogen-bond donors (Lipinski definition) is 0. The van der Waals surface area contributed by atoms with Crippen LogP contribution in [0.1, 0.15) is 19.6 Å². The Labute approximate surface area is 126 Å². The zero-order valence-electron chi connectivity index (χ0n) is 13.1. The Morgan fingerprint density at radius 3 is 2.90 bits per heavy atom. The first kappa shape index (κ1) is 15.0. The lowest BCUT2D eigenvalue weighted by Gasteiger charge is -2.43. The van der Waals surface area contributed by atoms with Crippen molar-refractivity contribution in [3.05, 3.63) is 24.2 Å². The molecule has 1 aromatic rings. The Morgan fingerprint density at radius 1 is 1.24 bits per heavy atom. The fourth-order valence-corrected chi connectivity index (χ4v) is 3.24. The van der Waals surface area contributed by atoms with E-state index in [4.69, 9.17) is 13.9 Å². The van der Waals surface area contributed by atoms with Crippen molar-refractivity contribution in [3.8, 4) is 0 Å². The zero-order chi connectivity index (χ0) is 14.7. The van der Waals surface area contributed by atoms with E-state index in [1.807, 2.05) is 12.1 Å². The van der Waals surface area contributed by atoms with Crippen molar-refractivity contribution in [2.24, 2.45) is 0 Å². The van der Waals surface area contributed by atoms with Crippen LogP contribution in [0.2, 0.25) is 0 Å². The van der Waals surface area contributed by atoms with E-state index in [0.717, 1.165) is 51.7 Å². The standard InChI is InChI=1S/C16H26N2O3/c1-14(2)18-6-8-19-13-16(12-18)11-17(5-9-21-16)10-15-4-3-7-20-15/h3-4,7,14H,5-6,8-13H2,1-2H3/t16-/m1/s1. The van der Waals surface area contributed by atoms with Gasteiger partial charge in [-0.1, -0.05) is 0 Å². The smallest absolute Gasteiger partial charge is 0.117 e. The van der Waals surface area contributed by atoms with Crippen LogP contribution in [0.4, 0.5) is 0 Å². The highest BCUT2D eigenvalue weighted by Crippen LogP contribution is 2.24. The maximum Gasteiger partial charge on any atom is 0.117 e. The lowest BCUT2D eigenvalue weighted by Crippen LogP contribution is -2.59. The minimum atomic E-state index is -0.203. The van der Waals surface area contributed by atoms with Crippen LogP contribution in [0, 0.1) is 0 Å². The predicted octanol–water partition coefficient (Wildman–Crippen LogP) is 1.59. The summed E-state index contributed by atoms with van der Waals surface area (Å²) < 4.78 is 17.5. The molecule has 0 amide bonds. The number of hydrogen-bond acceptors (Lipinski definition) is 5. The molecule has 3 heterocycles. The Morgan fingerprint density at radius 2 is 2.14 bits per heavy atom. The maximum absolute atomic E-state index is 6.18. The van der Waals surface area contributed by atoms with Crippen LogP contribution in [0.3, 0.4) is 0 Å². The lowest BCUT2D eigenvalue weighted by atomic mass is 10.0. The molecule has 21 heavy (non-hydrogen) atoms. The van der Waals surface area contributed by atoms with E-state index in [0.29, 0.717) is 12.6 Å². The van der Waals surface area contributed by atoms with Crippen LogP contribution >= 0.6 is 0 Å². The SMILES string of the molecule is CC(C)N1CCOC[C@@]2(CN(Cc3ccco3)CCO2)C1. The summed E-state index contributed by atoms with van der Waals surface area (Å²) in [5.74, 6) is 1.02. The normalized spacial score (nSPS) is 29.1. The van der Waals surface area contributed by atoms with Gasteiger partial charge < -0.3 is 13.9 Å². The molecule has 5 heteroatoms. The number of furan rings is 1. The van der Waals surface area contributed by atoms with E-state index in [-0.39, 0.29) is 5.60 Å². The maximum atomic E-state index is 6.18. The van der Waals surface area contributed by atoms with Crippen molar-refractivity contribution >= 4 is 0 Å². The van der Waals surface area contributed by atoms with Crippen molar-refractivity contribution in [3.63, 3.8) is 0 Å². The van der Waals surface area contributed by atoms with Gasteiger partial charge in [-0.2, -0.15) is 0 Å². The highest BCUT2D eigenvalue weighted by molar-refractivity contribution is 5.00. The molecule has 3 rings (SSSR count). The summed E-state index contributed by atoms with van der Waals surface area (Å²) in [5.41, 5.74) is -0.203. The van der Waals surface area contributed by atoms with Gasteiger partial charge in [0, 0.05) is 32.2 Å². The summed E-state index contributed by atoms with van der Waals surface area (Å²) in [6, 6.07) is 4.50. The van der Waals surface area contributed by atoms with Gasteiger partial charge in [-0.3, -0.25) is 9.80 Å². The van der Waals surface area contributed by atoms with Crippen LogP contribution in [0.5, 0.6) is 0 Å². The Hall–Kier alpha value is -0.880. The first-order valence-electron chi connectivity index (χ1n) is 7.87. The molecule has 0 unspecified atom stereocenters. The van der Waals surface area contributed by atoms with Crippen LogP contribution in [0.25, 0.3) is 0 Å². The van der Waals surface area contributed by atoms with Crippen molar-refractivity contribution in [2.75, 3.05) is 46.0 Å². The average molecular weight is 294 g/mol. The molecule has 0 radical (unpaired) electrons. The lowest BCUT2D eigenvalue weighted by molar-refractivity contribution is -0.145. The second-order valence-electron chi connectivity index (χ2n) is 6.44. The predicted molar refractivity (Wildman–Crippen MR) is 80.2 cm³/mol. The molecule has 5 nitrogen and oxygen atoms in total. The summed E-state index contributed by atoms with van der Waals surface area (Å²) in [4.78, 5) is 4.87. The fraction of sp³-hybridized carbons (Fsp3) is 0.750. The molecule has 0 aliphatic carbocycles. The van der Waals surface area contributed by atoms with E-state index >= 15 is 0 Å². The molecule has 0 N–H and O–H groups in total. The molecule has 2 aliphatic heterocycles. The van der Waals surface area contributed by atoms with Gasteiger partial charge in [0.25, 0.3) is 0 Å². The number of rotatable bonds is 3. The van der Waals surface area contributed by atoms with Crippen LogP contribution in [-0.2, 0) is 16.0 Å². The quantitative estimate of drug-likeness (QED) is 0.846. The summed E-state index contributed by atoms with van der Waals surface area (Å²) in [5, 5.41) is 0. The van der Waals surface area contributed by atoms with E-state index in [1.165, 1.54) is 0 Å². The van der Waals surface area contributed by atoms with Gasteiger partial charge in [0.05, 0.1) is 32.6 Å². The van der Waals surface area contributed by atoms with Crippen molar-refractivity contribution in [1.29, 1.82) is 0 Å². The zero-order valence-corrected chi connectivity index (χ0v) is 13.1. The first-order valence-corrected chi connectivity index (χ1v) is 7.87. The number of morpholine rings is 1. The monoisotopic (exact) mass is 294 g/mol. The third-order valence-corrected chi connectivity index (χ3v) is 4.40. The van der Waals surface area contributed by atoms with Gasteiger partial charge in [-0.25, -0.2) is 0 Å². The molecule has 2 saturated heterocycles. The van der Waals surface area contributed by atoms with E-state index in [2.05, 4.69) is 23.6 Å². The highest BCUT2D eigenvalue weighted by Gasteiger charge is 2.40. The van der Waals surface area contributed by atoms with Gasteiger partial charge in [-0.05, 0) is 26.0 Å². The number of nitrogens with zero attached hydrogens (tertiary/aromatic N) is 2. The topological polar surface area (TPSA) is 38.1 Å². The first-order chi connectivity index (χ1) is 10.2. The Kier molecular flexibility index (Phi) is 4.64. The summed E-state index contributed by atoms with van der Waals surface area (Å²) in [6.45, 7) is 11.3. The van der Waals surface area contributed by atoms with Crippen LogP contribution in [0.15, 0.2) is 22.8 Å². The summed E-state index contributed by atoms with van der Waals surface area (Å²) in [6.07, 6.45) is 1.74. The third kappa shape index (κ3) is 3.66. The molecule has 1 atom stereocenters. The molecule has 0 saturated carbocycles. The molecule has 118 valence electrons. The van der Waals surface area contributed by atoms with Gasteiger partial charge in [0.2, 0.25) is 0 Å². The fourth-order valence-electron chi connectivity index (χ4n) is 3.24.